The summed E-state index contributed by atoms with van der Waals surface area (Å²) >= 11 is 0. The molecule has 1 aliphatic rings. The average molecular weight is 469 g/mol. The van der Waals surface area contributed by atoms with Crippen molar-refractivity contribution in [1.29, 1.82) is 0 Å². The summed E-state index contributed by atoms with van der Waals surface area (Å²) in [6.45, 7) is 2.70. The van der Waals surface area contributed by atoms with Gasteiger partial charge in [-0.1, -0.05) is 24.3 Å². The number of fused-ring (bicyclic) bond motifs is 2. The van der Waals surface area contributed by atoms with Gasteiger partial charge < -0.3 is 19.5 Å². The molecule has 7 nitrogen and oxygen atoms in total. The fourth-order valence-electron chi connectivity index (χ4n) is 4.82. The number of nitrogens with zero attached hydrogens (tertiary/aromatic N) is 3. The van der Waals surface area contributed by atoms with Crippen molar-refractivity contribution in [3.05, 3.63) is 83.2 Å². The maximum atomic E-state index is 13.6. The minimum atomic E-state index is -0.324. The van der Waals surface area contributed by atoms with Gasteiger partial charge in [-0.3, -0.25) is 9.59 Å². The number of methoxy groups -OCH3 is 1. The number of imidazole rings is 1. The van der Waals surface area contributed by atoms with Gasteiger partial charge in [-0.15, -0.1) is 0 Å². The SMILES string of the molecule is COc1cc(C(=O)N2CCCCc3cccc(C)c32)ccc1C(=O)Nc1cccc2c1ncn2C. The second kappa shape index (κ2) is 9.25. The van der Waals surface area contributed by atoms with Gasteiger partial charge in [-0.2, -0.15) is 0 Å². The van der Waals surface area contributed by atoms with Gasteiger partial charge in [0.1, 0.15) is 11.3 Å². The molecule has 35 heavy (non-hydrogen) atoms. The number of aromatic nitrogens is 2. The molecule has 4 aromatic rings. The van der Waals surface area contributed by atoms with E-state index in [1.165, 1.54) is 12.7 Å². The molecule has 1 aliphatic heterocycles. The molecule has 2 heterocycles. The zero-order valence-electron chi connectivity index (χ0n) is 20.2. The summed E-state index contributed by atoms with van der Waals surface area (Å²) < 4.78 is 7.44. The van der Waals surface area contributed by atoms with E-state index >= 15 is 0 Å². The Kier molecular flexibility index (Phi) is 5.99. The van der Waals surface area contributed by atoms with E-state index < -0.39 is 0 Å². The van der Waals surface area contributed by atoms with Crippen LogP contribution in [0.1, 0.15) is 44.7 Å². The Morgan fingerprint density at radius 1 is 1.06 bits per heavy atom. The van der Waals surface area contributed by atoms with E-state index in [0.717, 1.165) is 36.0 Å². The van der Waals surface area contributed by atoms with Crippen molar-refractivity contribution in [3.63, 3.8) is 0 Å². The molecule has 2 amide bonds. The van der Waals surface area contributed by atoms with Crippen LogP contribution in [0.3, 0.4) is 0 Å². The Bertz CT molecular complexity index is 1440. The third-order valence-corrected chi connectivity index (χ3v) is 6.61. The Hall–Kier alpha value is -4.13. The maximum Gasteiger partial charge on any atom is 0.259 e. The average Bonchev–Trinajstić information content (AvgIpc) is 3.11. The Labute approximate surface area is 204 Å². The zero-order valence-corrected chi connectivity index (χ0v) is 20.2. The summed E-state index contributed by atoms with van der Waals surface area (Å²) in [5.74, 6) is -0.0673. The number of rotatable bonds is 4. The molecule has 0 spiro atoms. The smallest absolute Gasteiger partial charge is 0.259 e. The van der Waals surface area contributed by atoms with Crippen LogP contribution in [0.5, 0.6) is 5.75 Å². The highest BCUT2D eigenvalue weighted by Gasteiger charge is 2.25. The summed E-state index contributed by atoms with van der Waals surface area (Å²) in [6.07, 6.45) is 4.67. The lowest BCUT2D eigenvalue weighted by Crippen LogP contribution is -2.32. The summed E-state index contributed by atoms with van der Waals surface area (Å²) in [4.78, 5) is 33.0. The van der Waals surface area contributed by atoms with E-state index in [-0.39, 0.29) is 11.8 Å². The quantitative estimate of drug-likeness (QED) is 0.451. The molecule has 0 aliphatic carbocycles. The topological polar surface area (TPSA) is 76.5 Å². The summed E-state index contributed by atoms with van der Waals surface area (Å²) in [5, 5.41) is 2.94. The lowest BCUT2D eigenvalue weighted by atomic mass is 10.0. The first-order chi connectivity index (χ1) is 17.0. The predicted octanol–water partition coefficient (Wildman–Crippen LogP) is 5.13. The third-order valence-electron chi connectivity index (χ3n) is 6.61. The van der Waals surface area contributed by atoms with E-state index in [0.29, 0.717) is 34.6 Å². The summed E-state index contributed by atoms with van der Waals surface area (Å²) in [7, 11) is 3.41. The number of hydrogen-bond acceptors (Lipinski definition) is 4. The second-order valence-corrected chi connectivity index (χ2v) is 8.89. The van der Waals surface area contributed by atoms with Gasteiger partial charge >= 0.3 is 0 Å². The van der Waals surface area contributed by atoms with Crippen molar-refractivity contribution in [3.8, 4) is 5.75 Å². The zero-order chi connectivity index (χ0) is 24.5. The van der Waals surface area contributed by atoms with Crippen LogP contribution in [-0.2, 0) is 13.5 Å². The minimum Gasteiger partial charge on any atom is -0.496 e. The van der Waals surface area contributed by atoms with Crippen LogP contribution in [0, 0.1) is 6.92 Å². The van der Waals surface area contributed by atoms with E-state index in [4.69, 9.17) is 4.74 Å². The monoisotopic (exact) mass is 468 g/mol. The number of aryl methyl sites for hydroxylation is 3. The van der Waals surface area contributed by atoms with E-state index in [2.05, 4.69) is 16.4 Å². The van der Waals surface area contributed by atoms with Gasteiger partial charge in [0.25, 0.3) is 11.8 Å². The van der Waals surface area contributed by atoms with E-state index in [1.807, 2.05) is 53.8 Å². The molecule has 7 heteroatoms. The van der Waals surface area contributed by atoms with Gasteiger partial charge in [0.15, 0.2) is 0 Å². The number of amides is 2. The van der Waals surface area contributed by atoms with Crippen LogP contribution in [0.2, 0.25) is 0 Å². The first-order valence-corrected chi connectivity index (χ1v) is 11.8. The van der Waals surface area contributed by atoms with Gasteiger partial charge in [0.2, 0.25) is 0 Å². The molecule has 0 atom stereocenters. The molecular formula is C28H28N4O3. The van der Waals surface area contributed by atoms with E-state index in [1.54, 1.807) is 24.5 Å². The van der Waals surface area contributed by atoms with Crippen molar-refractivity contribution in [1.82, 2.24) is 9.55 Å². The predicted molar refractivity (Wildman–Crippen MR) is 137 cm³/mol. The largest absolute Gasteiger partial charge is 0.496 e. The molecule has 1 aromatic heterocycles. The molecule has 1 N–H and O–H groups in total. The molecule has 0 radical (unpaired) electrons. The van der Waals surface area contributed by atoms with Crippen LogP contribution in [0.4, 0.5) is 11.4 Å². The van der Waals surface area contributed by atoms with Crippen LogP contribution < -0.4 is 15.0 Å². The maximum absolute atomic E-state index is 13.6. The number of carbonyl (C=O) groups is 2. The lowest BCUT2D eigenvalue weighted by molar-refractivity contribution is 0.0982. The Balaban J connectivity index is 1.45. The van der Waals surface area contributed by atoms with Gasteiger partial charge in [0, 0.05) is 19.2 Å². The number of carbonyl (C=O) groups excluding carboxylic acids is 2. The summed E-state index contributed by atoms with van der Waals surface area (Å²) in [6, 6.07) is 16.8. The van der Waals surface area contributed by atoms with Crippen LogP contribution in [0.25, 0.3) is 11.0 Å². The molecule has 3 aromatic carbocycles. The molecule has 0 fully saturated rings. The minimum absolute atomic E-state index is 0.0917. The van der Waals surface area contributed by atoms with Gasteiger partial charge in [0.05, 0.1) is 35.9 Å². The fourth-order valence-corrected chi connectivity index (χ4v) is 4.82. The highest BCUT2D eigenvalue weighted by Crippen LogP contribution is 2.32. The number of anilines is 2. The van der Waals surface area contributed by atoms with Crippen molar-refractivity contribution >= 4 is 34.2 Å². The van der Waals surface area contributed by atoms with Crippen LogP contribution in [-0.4, -0.2) is 35.0 Å². The third kappa shape index (κ3) is 4.14. The van der Waals surface area contributed by atoms with Crippen molar-refractivity contribution in [2.45, 2.75) is 26.2 Å². The number of para-hydroxylation sites is 2. The lowest BCUT2D eigenvalue weighted by Gasteiger charge is -2.25. The number of ether oxygens (including phenoxy) is 1. The highest BCUT2D eigenvalue weighted by atomic mass is 16.5. The van der Waals surface area contributed by atoms with Crippen molar-refractivity contribution in [2.75, 3.05) is 23.9 Å². The number of hydrogen-bond donors (Lipinski definition) is 1. The molecular weight excluding hydrogens is 440 g/mol. The van der Waals surface area contributed by atoms with Crippen LogP contribution in [0.15, 0.2) is 60.9 Å². The first-order valence-electron chi connectivity index (χ1n) is 11.8. The number of nitrogens with one attached hydrogen (secondary N) is 1. The number of benzene rings is 3. The Morgan fingerprint density at radius 2 is 1.89 bits per heavy atom. The highest BCUT2D eigenvalue weighted by molar-refractivity contribution is 6.11. The molecule has 178 valence electrons. The fraction of sp³-hybridized carbons (Fsp3) is 0.250. The molecule has 0 bridgehead atoms. The first kappa shape index (κ1) is 22.7. The normalized spacial score (nSPS) is 13.3. The molecule has 0 saturated carbocycles. The summed E-state index contributed by atoms with van der Waals surface area (Å²) in [5.41, 5.74) is 6.37. The van der Waals surface area contributed by atoms with E-state index in [9.17, 15) is 9.59 Å². The molecule has 0 unspecified atom stereocenters. The van der Waals surface area contributed by atoms with Crippen molar-refractivity contribution in [2.24, 2.45) is 7.05 Å². The van der Waals surface area contributed by atoms with Gasteiger partial charge in [-0.05, 0) is 67.6 Å². The standard InChI is InChI=1S/C28H28N4O3/c1-18-8-6-10-19-9-4-5-15-32(26(18)19)28(34)20-13-14-21(24(16-20)35-3)27(33)30-22-11-7-12-23-25(22)29-17-31(23)2/h6-8,10-14,16-17H,4-5,9,15H2,1-3H3,(H,30,33). The molecule has 0 saturated heterocycles. The van der Waals surface area contributed by atoms with Crippen LogP contribution >= 0.6 is 0 Å². The van der Waals surface area contributed by atoms with Gasteiger partial charge in [-0.25, -0.2) is 4.98 Å². The molecule has 5 rings (SSSR count). The van der Waals surface area contributed by atoms with Crippen molar-refractivity contribution < 1.29 is 14.3 Å². The Morgan fingerprint density at radius 3 is 2.71 bits per heavy atom. The second-order valence-electron chi connectivity index (χ2n) is 8.89.